The van der Waals surface area contributed by atoms with E-state index in [1.54, 1.807) is 24.3 Å². The number of rotatable bonds is 9. The highest BCUT2D eigenvalue weighted by Gasteiger charge is 2.41. The van der Waals surface area contributed by atoms with Crippen molar-refractivity contribution in [3.63, 3.8) is 0 Å². The molecule has 0 aliphatic carbocycles. The number of hydrogen-bond acceptors (Lipinski definition) is 5. The Morgan fingerprint density at radius 2 is 1.80 bits per heavy atom. The van der Waals surface area contributed by atoms with Gasteiger partial charge in [0.1, 0.15) is 11.9 Å². The molecule has 1 N–H and O–H groups in total. The molecule has 2 aromatic rings. The van der Waals surface area contributed by atoms with E-state index >= 15 is 0 Å². The first-order valence-corrected chi connectivity index (χ1v) is 13.8. The standard InChI is InChI=1S/C27H34N3O4S/c1-6-34-25(31)10-8-7-9-17-30-19-22(18-24-26(30)28-20(2)27(24,3)4)12-11-21-13-15-23(16-14-21)29-35(5,32)33/h13-16,18-19,29H,6-10,17H2,1-5H3/q+1. The van der Waals surface area contributed by atoms with E-state index in [-0.39, 0.29) is 11.4 Å². The lowest BCUT2D eigenvalue weighted by Crippen LogP contribution is -2.35. The number of esters is 1. The molecule has 1 aliphatic heterocycles. The molecule has 1 aliphatic rings. The molecule has 0 saturated carbocycles. The van der Waals surface area contributed by atoms with Crippen molar-refractivity contribution >= 4 is 33.2 Å². The Balaban J connectivity index is 1.78. The number of aliphatic imine (C=N–C) groups is 1. The number of anilines is 1. The Bertz CT molecular complexity index is 1280. The van der Waals surface area contributed by atoms with Gasteiger partial charge in [0.05, 0.1) is 35.9 Å². The zero-order valence-corrected chi connectivity index (χ0v) is 22.0. The highest BCUT2D eigenvalue weighted by Crippen LogP contribution is 2.38. The number of nitrogens with one attached hydrogen (secondary N) is 1. The number of aromatic nitrogens is 1. The molecule has 0 spiro atoms. The molecular formula is C27H34N3O4S+. The number of unbranched alkanes of at least 4 members (excludes halogenated alkanes) is 2. The van der Waals surface area contributed by atoms with Gasteiger partial charge in [0.15, 0.2) is 0 Å². The maximum Gasteiger partial charge on any atom is 0.327 e. The fourth-order valence-electron chi connectivity index (χ4n) is 3.90. The zero-order valence-electron chi connectivity index (χ0n) is 21.1. The minimum absolute atomic E-state index is 0.138. The van der Waals surface area contributed by atoms with Crippen LogP contribution in [0.4, 0.5) is 11.5 Å². The van der Waals surface area contributed by atoms with E-state index in [1.807, 2.05) is 13.1 Å². The molecule has 0 bridgehead atoms. The summed E-state index contributed by atoms with van der Waals surface area (Å²) < 4.78 is 32.4. The fraction of sp³-hybridized carbons (Fsp3) is 0.444. The molecule has 7 nitrogen and oxygen atoms in total. The topological polar surface area (TPSA) is 88.7 Å². The second kappa shape index (κ2) is 11.0. The van der Waals surface area contributed by atoms with Crippen molar-refractivity contribution in [2.24, 2.45) is 4.99 Å². The number of aryl methyl sites for hydroxylation is 1. The number of ether oxygens (including phenoxy) is 1. The second-order valence-electron chi connectivity index (χ2n) is 9.30. The first kappa shape index (κ1) is 26.4. The molecule has 0 unspecified atom stereocenters. The quantitative estimate of drug-likeness (QED) is 0.243. The molecule has 35 heavy (non-hydrogen) atoms. The summed E-state index contributed by atoms with van der Waals surface area (Å²) in [5.74, 6) is 7.27. The summed E-state index contributed by atoms with van der Waals surface area (Å²) >= 11 is 0. The number of pyridine rings is 1. The van der Waals surface area contributed by atoms with E-state index in [2.05, 4.69) is 48.0 Å². The number of carbonyl (C=O) groups is 1. The summed E-state index contributed by atoms with van der Waals surface area (Å²) in [4.78, 5) is 16.4. The maximum absolute atomic E-state index is 11.6. The Labute approximate surface area is 208 Å². The van der Waals surface area contributed by atoms with Crippen LogP contribution in [0.1, 0.15) is 70.1 Å². The van der Waals surface area contributed by atoms with Crippen molar-refractivity contribution in [3.8, 4) is 11.8 Å². The van der Waals surface area contributed by atoms with Crippen LogP contribution in [-0.2, 0) is 31.5 Å². The minimum atomic E-state index is -3.31. The summed E-state index contributed by atoms with van der Waals surface area (Å²) in [5.41, 5.74) is 4.25. The van der Waals surface area contributed by atoms with Crippen LogP contribution in [0.5, 0.6) is 0 Å². The molecule has 3 rings (SSSR count). The lowest BCUT2D eigenvalue weighted by Gasteiger charge is -2.16. The third-order valence-electron chi connectivity index (χ3n) is 6.08. The van der Waals surface area contributed by atoms with Crippen LogP contribution in [0.2, 0.25) is 0 Å². The number of sulfonamides is 1. The highest BCUT2D eigenvalue weighted by molar-refractivity contribution is 7.92. The number of nitrogens with zero attached hydrogens (tertiary/aromatic N) is 2. The van der Waals surface area contributed by atoms with Crippen LogP contribution < -0.4 is 9.29 Å². The smallest absolute Gasteiger partial charge is 0.327 e. The Hall–Kier alpha value is -3.18. The maximum atomic E-state index is 11.6. The molecule has 186 valence electrons. The zero-order chi connectivity index (χ0) is 25.6. The van der Waals surface area contributed by atoms with Gasteiger partial charge in [-0.25, -0.2) is 13.0 Å². The van der Waals surface area contributed by atoms with Crippen molar-refractivity contribution in [2.75, 3.05) is 17.6 Å². The predicted octanol–water partition coefficient (Wildman–Crippen LogP) is 4.25. The van der Waals surface area contributed by atoms with Crippen molar-refractivity contribution in [3.05, 3.63) is 53.2 Å². The average Bonchev–Trinajstić information content (AvgIpc) is 3.01. The van der Waals surface area contributed by atoms with Gasteiger partial charge in [0.2, 0.25) is 10.0 Å². The summed E-state index contributed by atoms with van der Waals surface area (Å²) in [7, 11) is -3.31. The van der Waals surface area contributed by atoms with Crippen molar-refractivity contribution < 1.29 is 22.5 Å². The number of carbonyl (C=O) groups excluding carboxylic acids is 1. The third-order valence-corrected chi connectivity index (χ3v) is 6.69. The van der Waals surface area contributed by atoms with Gasteiger partial charge in [0.25, 0.3) is 0 Å². The van der Waals surface area contributed by atoms with Gasteiger partial charge in [-0.1, -0.05) is 11.8 Å². The van der Waals surface area contributed by atoms with Gasteiger partial charge in [0, 0.05) is 17.7 Å². The van der Waals surface area contributed by atoms with E-state index in [4.69, 9.17) is 9.73 Å². The summed E-state index contributed by atoms with van der Waals surface area (Å²) in [6, 6.07) is 9.10. The summed E-state index contributed by atoms with van der Waals surface area (Å²) in [6.45, 7) is 9.43. The van der Waals surface area contributed by atoms with E-state index < -0.39 is 10.0 Å². The van der Waals surface area contributed by atoms with Crippen molar-refractivity contribution in [1.82, 2.24) is 0 Å². The van der Waals surface area contributed by atoms with Gasteiger partial charge >= 0.3 is 11.8 Å². The van der Waals surface area contributed by atoms with Gasteiger partial charge in [-0.3, -0.25) is 9.52 Å². The van der Waals surface area contributed by atoms with Crippen LogP contribution in [0.15, 0.2) is 41.5 Å². The molecule has 1 aromatic carbocycles. The summed E-state index contributed by atoms with van der Waals surface area (Å²) in [6.07, 6.45) is 6.27. The molecule has 8 heteroatoms. The van der Waals surface area contributed by atoms with Crippen LogP contribution in [0, 0.1) is 11.8 Å². The first-order chi connectivity index (χ1) is 16.5. The molecule has 0 amide bonds. The van der Waals surface area contributed by atoms with E-state index in [9.17, 15) is 13.2 Å². The third kappa shape index (κ3) is 7.15. The van der Waals surface area contributed by atoms with Gasteiger partial charge < -0.3 is 4.74 Å². The van der Waals surface area contributed by atoms with E-state index in [0.29, 0.717) is 18.7 Å². The van der Waals surface area contributed by atoms with Crippen LogP contribution in [-0.4, -0.2) is 33.0 Å². The highest BCUT2D eigenvalue weighted by atomic mass is 32.2. The normalized spacial score (nSPS) is 13.9. The lowest BCUT2D eigenvalue weighted by atomic mass is 9.82. The van der Waals surface area contributed by atoms with Gasteiger partial charge in [-0.15, -0.1) is 0 Å². The molecular weight excluding hydrogens is 462 g/mol. The summed E-state index contributed by atoms with van der Waals surface area (Å²) in [5, 5.41) is 0. The monoisotopic (exact) mass is 496 g/mol. The minimum Gasteiger partial charge on any atom is -0.466 e. The van der Waals surface area contributed by atoms with E-state index in [1.165, 1.54) is 0 Å². The Morgan fingerprint density at radius 1 is 1.11 bits per heavy atom. The van der Waals surface area contributed by atoms with E-state index in [0.717, 1.165) is 60.3 Å². The van der Waals surface area contributed by atoms with Gasteiger partial charge in [-0.2, -0.15) is 0 Å². The van der Waals surface area contributed by atoms with Crippen molar-refractivity contribution in [2.45, 2.75) is 65.3 Å². The number of hydrogen-bond donors (Lipinski definition) is 1. The molecule has 1 aromatic heterocycles. The molecule has 0 atom stereocenters. The van der Waals surface area contributed by atoms with Gasteiger partial charge in [-0.05, 0) is 82.3 Å². The van der Waals surface area contributed by atoms with Crippen LogP contribution in [0.25, 0.3) is 0 Å². The molecule has 0 radical (unpaired) electrons. The Kier molecular flexibility index (Phi) is 8.34. The van der Waals surface area contributed by atoms with Crippen LogP contribution in [0.3, 0.4) is 0 Å². The Morgan fingerprint density at radius 3 is 2.46 bits per heavy atom. The molecule has 0 saturated heterocycles. The molecule has 0 fully saturated rings. The predicted molar refractivity (Wildman–Crippen MR) is 138 cm³/mol. The fourth-order valence-corrected chi connectivity index (χ4v) is 4.46. The SMILES string of the molecule is CCOC(=O)CCCCC[n+]1cc(C#Cc2ccc(NS(C)(=O)=O)cc2)cc2c1N=C(C)C2(C)C. The largest absolute Gasteiger partial charge is 0.466 e. The lowest BCUT2D eigenvalue weighted by molar-refractivity contribution is -0.685. The number of benzene rings is 1. The average molecular weight is 497 g/mol. The first-order valence-electron chi connectivity index (χ1n) is 11.9. The number of fused-ring (bicyclic) bond motifs is 1. The second-order valence-corrected chi connectivity index (χ2v) is 11.0. The van der Waals surface area contributed by atoms with Crippen molar-refractivity contribution in [1.29, 1.82) is 0 Å². The molecule has 2 heterocycles. The van der Waals surface area contributed by atoms with Crippen LogP contribution >= 0.6 is 0 Å².